The lowest BCUT2D eigenvalue weighted by atomic mass is 9.91. The van der Waals surface area contributed by atoms with Crippen LogP contribution in [-0.2, 0) is 41.7 Å². The van der Waals surface area contributed by atoms with Gasteiger partial charge in [0, 0.05) is 6.92 Å². The number of carbonyl (C=O) groups is 4. The minimum atomic E-state index is -1.97. The maximum absolute atomic E-state index is 13.5. The smallest absolute Gasteiger partial charge is 0.374 e. The fraction of sp³-hybridized carbons (Fsp3) is 0.385. The molecule has 190 valence electrons. The van der Waals surface area contributed by atoms with Gasteiger partial charge in [0.1, 0.15) is 23.8 Å². The Morgan fingerprint density at radius 2 is 1.69 bits per heavy atom. The Balaban J connectivity index is 1.52. The Bertz CT molecular complexity index is 1170. The van der Waals surface area contributed by atoms with Crippen molar-refractivity contribution in [1.29, 1.82) is 0 Å². The third kappa shape index (κ3) is 4.53. The highest BCUT2D eigenvalue weighted by atomic mass is 32.2. The van der Waals surface area contributed by atoms with Crippen LogP contribution in [0.25, 0.3) is 0 Å². The van der Waals surface area contributed by atoms with Gasteiger partial charge in [-0.3, -0.25) is 19.3 Å². The molecule has 2 amide bonds. The number of amides is 2. The van der Waals surface area contributed by atoms with Crippen LogP contribution < -0.4 is 10.1 Å². The zero-order chi connectivity index (χ0) is 26.1. The van der Waals surface area contributed by atoms with Crippen molar-refractivity contribution in [3.8, 4) is 5.75 Å². The predicted octanol–water partition coefficient (Wildman–Crippen LogP) is 2.42. The van der Waals surface area contributed by atoms with Gasteiger partial charge in [-0.1, -0.05) is 42.5 Å². The zero-order valence-corrected chi connectivity index (χ0v) is 21.3. The van der Waals surface area contributed by atoms with E-state index in [0.717, 1.165) is 5.56 Å². The second-order valence-electron chi connectivity index (χ2n) is 9.10. The summed E-state index contributed by atoms with van der Waals surface area (Å²) in [6.07, 6.45) is 0.115. The summed E-state index contributed by atoms with van der Waals surface area (Å²) in [6.45, 7) is 4.51. The number of methoxy groups -OCH3 is 1. The number of esters is 2. The molecule has 0 bridgehead atoms. The molecule has 0 unspecified atom stereocenters. The van der Waals surface area contributed by atoms with E-state index in [1.54, 1.807) is 45.2 Å². The molecule has 1 N–H and O–H groups in total. The summed E-state index contributed by atoms with van der Waals surface area (Å²) in [5, 5.41) is 2.17. The van der Waals surface area contributed by atoms with Gasteiger partial charge >= 0.3 is 17.7 Å². The first-order valence-corrected chi connectivity index (χ1v) is 12.3. The number of hydrogen-bond acceptors (Lipinski definition) is 8. The molecule has 2 aromatic carbocycles. The lowest BCUT2D eigenvalue weighted by molar-refractivity contribution is -0.222. The molecule has 2 aromatic rings. The van der Waals surface area contributed by atoms with E-state index in [1.165, 1.54) is 23.6 Å². The van der Waals surface area contributed by atoms with Gasteiger partial charge < -0.3 is 19.5 Å². The number of benzene rings is 2. The van der Waals surface area contributed by atoms with Gasteiger partial charge in [-0.25, -0.2) is 4.79 Å². The molecule has 0 spiro atoms. The van der Waals surface area contributed by atoms with E-state index in [2.05, 4.69) is 5.32 Å². The fourth-order valence-corrected chi connectivity index (χ4v) is 6.13. The van der Waals surface area contributed by atoms with Gasteiger partial charge in [0.2, 0.25) is 5.91 Å². The molecular formula is C26H28N2O7S. The van der Waals surface area contributed by atoms with E-state index < -0.39 is 39.7 Å². The molecule has 4 rings (SSSR count). The lowest BCUT2D eigenvalue weighted by Crippen LogP contribution is -2.76. The highest BCUT2D eigenvalue weighted by Gasteiger charge is 2.76. The third-order valence-corrected chi connectivity index (χ3v) is 7.83. The van der Waals surface area contributed by atoms with Crippen LogP contribution in [0.15, 0.2) is 54.6 Å². The summed E-state index contributed by atoms with van der Waals surface area (Å²) in [6, 6.07) is 15.3. The number of rotatable bonds is 8. The minimum Gasteiger partial charge on any atom is -0.497 e. The summed E-state index contributed by atoms with van der Waals surface area (Å²) >= 11 is 1.28. The molecule has 9 nitrogen and oxygen atoms in total. The summed E-state index contributed by atoms with van der Waals surface area (Å²) in [5.41, 5.74) is -0.462. The van der Waals surface area contributed by atoms with E-state index in [9.17, 15) is 19.2 Å². The molecule has 0 radical (unpaired) electrons. The molecule has 3 atom stereocenters. The van der Waals surface area contributed by atoms with Crippen LogP contribution in [0.3, 0.4) is 0 Å². The molecule has 2 aliphatic heterocycles. The highest BCUT2D eigenvalue weighted by Crippen LogP contribution is 2.57. The number of nitrogens with zero attached hydrogens (tertiary/aromatic N) is 1. The molecule has 10 heteroatoms. The van der Waals surface area contributed by atoms with E-state index in [0.29, 0.717) is 11.3 Å². The predicted molar refractivity (Wildman–Crippen MR) is 132 cm³/mol. The number of β-lactam (4-membered cyclic amide) rings is 1. The lowest BCUT2D eigenvalue weighted by Gasteiger charge is -2.48. The van der Waals surface area contributed by atoms with E-state index in [-0.39, 0.29) is 18.9 Å². The second-order valence-corrected chi connectivity index (χ2v) is 10.8. The van der Waals surface area contributed by atoms with Crippen LogP contribution in [0.1, 0.15) is 31.9 Å². The first kappa shape index (κ1) is 25.6. The number of thioether (sulfide) groups is 1. The second kappa shape index (κ2) is 9.85. The van der Waals surface area contributed by atoms with Crippen molar-refractivity contribution in [1.82, 2.24) is 10.2 Å². The Morgan fingerprint density at radius 1 is 1.03 bits per heavy atom. The Kier molecular flexibility index (Phi) is 6.99. The first-order chi connectivity index (χ1) is 17.1. The van der Waals surface area contributed by atoms with E-state index in [4.69, 9.17) is 14.2 Å². The minimum absolute atomic E-state index is 0.0868. The molecule has 36 heavy (non-hydrogen) atoms. The molecule has 2 heterocycles. The van der Waals surface area contributed by atoms with Crippen molar-refractivity contribution in [3.63, 3.8) is 0 Å². The topological polar surface area (TPSA) is 111 Å². The van der Waals surface area contributed by atoms with Crippen molar-refractivity contribution in [2.24, 2.45) is 0 Å². The normalized spacial score (nSPS) is 23.8. The molecular weight excluding hydrogens is 484 g/mol. The van der Waals surface area contributed by atoms with Gasteiger partial charge in [0.25, 0.3) is 5.91 Å². The van der Waals surface area contributed by atoms with E-state index in [1.807, 2.05) is 30.3 Å². The summed E-state index contributed by atoms with van der Waals surface area (Å²) in [7, 11) is 1.55. The van der Waals surface area contributed by atoms with Crippen LogP contribution in [0.4, 0.5) is 0 Å². The number of nitrogens with one attached hydrogen (secondary N) is 1. The maximum atomic E-state index is 13.5. The fourth-order valence-electron chi connectivity index (χ4n) is 4.46. The Labute approximate surface area is 213 Å². The quantitative estimate of drug-likeness (QED) is 0.424. The molecule has 2 aliphatic rings. The van der Waals surface area contributed by atoms with Crippen LogP contribution in [0.2, 0.25) is 0 Å². The average molecular weight is 513 g/mol. The highest BCUT2D eigenvalue weighted by molar-refractivity contribution is 8.01. The van der Waals surface area contributed by atoms with Crippen molar-refractivity contribution < 1.29 is 33.4 Å². The molecule has 2 saturated heterocycles. The molecule has 2 fully saturated rings. The van der Waals surface area contributed by atoms with Crippen LogP contribution in [0.5, 0.6) is 5.75 Å². The summed E-state index contributed by atoms with van der Waals surface area (Å²) in [4.78, 5) is 52.7. The van der Waals surface area contributed by atoms with Crippen LogP contribution >= 0.6 is 11.8 Å². The van der Waals surface area contributed by atoms with Crippen molar-refractivity contribution in [3.05, 3.63) is 65.7 Å². The van der Waals surface area contributed by atoms with Crippen molar-refractivity contribution in [2.45, 2.75) is 55.7 Å². The molecule has 0 saturated carbocycles. The van der Waals surface area contributed by atoms with Crippen molar-refractivity contribution in [2.75, 3.05) is 7.11 Å². The largest absolute Gasteiger partial charge is 0.497 e. The number of hydrogen-bond donors (Lipinski definition) is 1. The van der Waals surface area contributed by atoms with Crippen LogP contribution in [0, 0.1) is 0 Å². The van der Waals surface area contributed by atoms with Gasteiger partial charge in [-0.15, -0.1) is 11.8 Å². The van der Waals surface area contributed by atoms with Crippen LogP contribution in [-0.4, -0.2) is 57.7 Å². The molecule has 0 aliphatic carbocycles. The first-order valence-electron chi connectivity index (χ1n) is 11.4. The summed E-state index contributed by atoms with van der Waals surface area (Å²) < 4.78 is 15.3. The SMILES string of the molecule is COc1ccc(COC(=O)[C@]2(OC(C)=O)N3C(=O)[C@H](NC(=O)Cc4ccccc4)[C@H]3SC2(C)C)cc1. The Morgan fingerprint density at radius 3 is 2.31 bits per heavy atom. The molecule has 0 aromatic heterocycles. The zero-order valence-electron chi connectivity index (χ0n) is 20.5. The van der Waals surface area contributed by atoms with Gasteiger partial charge in [-0.2, -0.15) is 0 Å². The average Bonchev–Trinajstić information content (AvgIpc) is 3.06. The number of fused-ring (bicyclic) bond motifs is 1. The number of ether oxygens (including phenoxy) is 3. The standard InChI is InChI=1S/C26H28N2O7S/c1-16(29)35-26(24(32)34-15-18-10-12-19(33-4)13-11-18)25(2,3)36-23-21(22(31)28(23)26)27-20(30)14-17-8-6-5-7-9-17/h5-13,21,23H,14-15H2,1-4H3,(H,27,30)/t21-,23+,26+/m0/s1. The summed E-state index contributed by atoms with van der Waals surface area (Å²) in [5.74, 6) is -1.75. The Hall–Kier alpha value is -3.53. The number of carbonyl (C=O) groups excluding carboxylic acids is 4. The van der Waals surface area contributed by atoms with Gasteiger partial charge in [0.05, 0.1) is 18.3 Å². The van der Waals surface area contributed by atoms with Gasteiger partial charge in [0.15, 0.2) is 0 Å². The third-order valence-electron chi connectivity index (χ3n) is 6.23. The monoisotopic (exact) mass is 512 g/mol. The van der Waals surface area contributed by atoms with E-state index >= 15 is 0 Å². The van der Waals surface area contributed by atoms with Crippen molar-refractivity contribution >= 4 is 35.5 Å². The maximum Gasteiger partial charge on any atom is 0.374 e. The van der Waals surface area contributed by atoms with Gasteiger partial charge in [-0.05, 0) is 37.1 Å².